The molecular weight excluding hydrogens is 841 g/mol. The molecule has 3 heterocycles. The minimum Gasteiger partial charge on any atom is -0.506 e. The molecule has 1 fully saturated rings. The molecule has 1 saturated heterocycles. The molecule has 1 amide bonds. The minimum atomic E-state index is -1.99. The average Bonchev–Trinajstić information content (AvgIpc) is 3.83. The molecule has 0 spiro atoms. The number of nitrogens with zero attached hydrogens (tertiary/aromatic N) is 1. The Hall–Kier alpha value is -6.61. The van der Waals surface area contributed by atoms with Crippen molar-refractivity contribution >= 4 is 34.1 Å². The molecule has 65 heavy (non-hydrogen) atoms. The van der Waals surface area contributed by atoms with Crippen molar-refractivity contribution in [2.45, 2.75) is 44.2 Å². The van der Waals surface area contributed by atoms with Crippen molar-refractivity contribution < 1.29 is 34.4 Å². The summed E-state index contributed by atoms with van der Waals surface area (Å²) < 4.78 is 11.5. The molecule has 0 bridgehead atoms. The van der Waals surface area contributed by atoms with E-state index >= 15 is 0 Å². The number of carbonyl (C=O) groups is 2. The average molecular weight is 893 g/mol. The summed E-state index contributed by atoms with van der Waals surface area (Å²) in [5.74, 6) is -0.315. The Labute approximate surface area is 381 Å². The van der Waals surface area contributed by atoms with Gasteiger partial charge in [-0.2, -0.15) is 0 Å². The molecule has 0 radical (unpaired) electrons. The number of methoxy groups -OCH3 is 1. The number of benzene rings is 5. The Morgan fingerprint density at radius 2 is 1.58 bits per heavy atom. The number of likely N-dealkylation sites (tertiary alicyclic amines) is 1. The lowest BCUT2D eigenvalue weighted by Crippen LogP contribution is -2.40. The highest BCUT2D eigenvalue weighted by Gasteiger charge is 2.42. The lowest BCUT2D eigenvalue weighted by atomic mass is 9.85. The van der Waals surface area contributed by atoms with E-state index in [-0.39, 0.29) is 41.8 Å². The summed E-state index contributed by atoms with van der Waals surface area (Å²) in [6.45, 7) is 3.82. The van der Waals surface area contributed by atoms with Gasteiger partial charge in [0, 0.05) is 52.0 Å². The Kier molecular flexibility index (Phi) is 14.2. The fourth-order valence-electron chi connectivity index (χ4n) is 8.34. The van der Waals surface area contributed by atoms with Crippen LogP contribution in [0.4, 0.5) is 0 Å². The third-order valence-corrected chi connectivity index (χ3v) is 13.2. The van der Waals surface area contributed by atoms with Gasteiger partial charge in [0.15, 0.2) is 0 Å². The molecule has 13 heteroatoms. The number of piperidine rings is 1. The smallest absolute Gasteiger partial charge is 0.347 e. The predicted octanol–water partition coefficient (Wildman–Crippen LogP) is 7.42. The highest BCUT2D eigenvalue weighted by Crippen LogP contribution is 2.35. The second-order valence-electron chi connectivity index (χ2n) is 16.4. The number of ether oxygens (including phenoxy) is 2. The summed E-state index contributed by atoms with van der Waals surface area (Å²) >= 11 is 1.53. The van der Waals surface area contributed by atoms with E-state index in [1.54, 1.807) is 66.7 Å². The number of aromatic amines is 1. The van der Waals surface area contributed by atoms with Crippen LogP contribution in [0.5, 0.6) is 11.5 Å². The zero-order valence-corrected chi connectivity index (χ0v) is 36.9. The number of hydrogen-bond donors (Lipinski definition) is 6. The van der Waals surface area contributed by atoms with Crippen molar-refractivity contribution in [1.82, 2.24) is 20.5 Å². The first-order chi connectivity index (χ1) is 31.6. The second-order valence-corrected chi connectivity index (χ2v) is 17.5. The van der Waals surface area contributed by atoms with Gasteiger partial charge >= 0.3 is 5.97 Å². The maximum atomic E-state index is 13.9. The zero-order valence-electron chi connectivity index (χ0n) is 36.0. The first-order valence-electron chi connectivity index (χ1n) is 21.7. The number of H-pyrrole nitrogens is 1. The van der Waals surface area contributed by atoms with Crippen LogP contribution >= 0.6 is 11.3 Å². The maximum Gasteiger partial charge on any atom is 0.347 e. The first kappa shape index (κ1) is 45.0. The van der Waals surface area contributed by atoms with Crippen LogP contribution in [0.25, 0.3) is 21.3 Å². The number of aliphatic hydroxyl groups is 2. The lowest BCUT2D eigenvalue weighted by molar-refractivity contribution is -0.164. The number of thiophene rings is 1. The monoisotopic (exact) mass is 892 g/mol. The fraction of sp³-hybridized carbons (Fsp3) is 0.250. The van der Waals surface area contributed by atoms with Crippen molar-refractivity contribution in [3.8, 4) is 21.9 Å². The van der Waals surface area contributed by atoms with E-state index in [0.717, 1.165) is 53.4 Å². The summed E-state index contributed by atoms with van der Waals surface area (Å²) in [4.78, 5) is 45.9. The molecular formula is C52H52N4O8S. The third-order valence-electron chi connectivity index (χ3n) is 12.0. The van der Waals surface area contributed by atoms with Gasteiger partial charge in [-0.25, -0.2) is 4.79 Å². The number of pyridine rings is 1. The van der Waals surface area contributed by atoms with Gasteiger partial charge in [0.25, 0.3) is 5.91 Å². The van der Waals surface area contributed by atoms with E-state index in [1.807, 2.05) is 36.4 Å². The van der Waals surface area contributed by atoms with Crippen molar-refractivity contribution in [3.63, 3.8) is 0 Å². The van der Waals surface area contributed by atoms with E-state index < -0.39 is 17.7 Å². The molecule has 0 aliphatic carbocycles. The number of phenols is 1. The van der Waals surface area contributed by atoms with Gasteiger partial charge in [-0.15, -0.1) is 11.3 Å². The van der Waals surface area contributed by atoms with Crippen LogP contribution in [-0.2, 0) is 34.8 Å². The number of carbonyl (C=O) groups excluding carboxylic acids is 2. The van der Waals surface area contributed by atoms with Crippen LogP contribution in [0.1, 0.15) is 62.0 Å². The predicted molar refractivity (Wildman–Crippen MR) is 252 cm³/mol. The van der Waals surface area contributed by atoms with Crippen LogP contribution in [-0.4, -0.2) is 70.4 Å². The lowest BCUT2D eigenvalue weighted by Gasteiger charge is -2.33. The van der Waals surface area contributed by atoms with Crippen LogP contribution in [0.2, 0.25) is 0 Å². The van der Waals surface area contributed by atoms with Crippen LogP contribution < -0.4 is 20.9 Å². The van der Waals surface area contributed by atoms with Gasteiger partial charge in [0.1, 0.15) is 11.5 Å². The molecule has 8 rings (SSSR count). The molecule has 1 aliphatic heterocycles. The fourth-order valence-corrected chi connectivity index (χ4v) is 9.29. The maximum absolute atomic E-state index is 13.9. The van der Waals surface area contributed by atoms with E-state index in [9.17, 15) is 29.7 Å². The zero-order chi connectivity index (χ0) is 45.3. The molecule has 2 atom stereocenters. The molecule has 334 valence electrons. The number of hydrogen-bond acceptors (Lipinski definition) is 11. The Morgan fingerprint density at radius 3 is 2.32 bits per heavy atom. The Bertz CT molecular complexity index is 2790. The number of fused-ring (bicyclic) bond motifs is 1. The van der Waals surface area contributed by atoms with E-state index in [0.29, 0.717) is 46.5 Å². The highest BCUT2D eigenvalue weighted by molar-refractivity contribution is 7.15. The summed E-state index contributed by atoms with van der Waals surface area (Å²) in [5.41, 5.74) is 2.72. The molecule has 5 aromatic carbocycles. The topological polar surface area (TPSA) is 173 Å². The van der Waals surface area contributed by atoms with Crippen LogP contribution in [0.3, 0.4) is 0 Å². The van der Waals surface area contributed by atoms with E-state index in [4.69, 9.17) is 9.47 Å². The summed E-state index contributed by atoms with van der Waals surface area (Å²) in [6.07, 6.45) is 0.895. The third kappa shape index (κ3) is 10.5. The van der Waals surface area contributed by atoms with Gasteiger partial charge in [-0.3, -0.25) is 14.5 Å². The number of nitrogens with one attached hydrogen (secondary N) is 3. The summed E-state index contributed by atoms with van der Waals surface area (Å²) in [5, 5.41) is 40.1. The number of phenolic OH excluding ortho intramolecular Hbond substituents is 1. The van der Waals surface area contributed by atoms with Crippen molar-refractivity contribution in [3.05, 3.63) is 188 Å². The Morgan fingerprint density at radius 1 is 0.862 bits per heavy atom. The standard InChI is InChI=1S/C52H52N4O8S/c1-63-46-28-37(12-13-38(46)29-53-31-45(58)42-19-21-44(57)49-43(42)20-23-48(59)55-49)50(60)54-30-41-18-22-47(65-41)36-14-16-40(17-15-36)52(62,39-10-6-3-7-11-39)51(61)64-33-35-24-26-56(27-25-35)32-34-8-4-2-5-9-34/h2-23,28,35,45,53,57-58,62H,24-27,29-33H2,1H3,(H,54,60)(H,55,59). The number of aromatic hydroxyl groups is 1. The first-order valence-corrected chi connectivity index (χ1v) is 22.5. The SMILES string of the molecule is COc1cc(C(=O)NCc2ccc(-c3ccc(C(O)(C(=O)OCC4CCN(Cc5ccccc5)CC4)c4ccccc4)cc3)s2)ccc1CNCC(O)c1ccc(O)c2[nH]c(=O)ccc12. The van der Waals surface area contributed by atoms with Crippen LogP contribution in [0, 0.1) is 5.92 Å². The molecule has 6 N–H and O–H groups in total. The quantitative estimate of drug-likeness (QED) is 0.0506. The van der Waals surface area contributed by atoms with E-state index in [1.165, 1.54) is 36.1 Å². The van der Waals surface area contributed by atoms with Gasteiger partial charge in [-0.1, -0.05) is 97.1 Å². The largest absolute Gasteiger partial charge is 0.506 e. The van der Waals surface area contributed by atoms with Crippen LogP contribution in [0.15, 0.2) is 144 Å². The van der Waals surface area contributed by atoms with Crippen molar-refractivity contribution in [2.75, 3.05) is 33.4 Å². The number of aliphatic hydroxyl groups excluding tert-OH is 1. The molecule has 2 aromatic heterocycles. The molecule has 1 aliphatic rings. The van der Waals surface area contributed by atoms with Gasteiger partial charge < -0.3 is 40.4 Å². The highest BCUT2D eigenvalue weighted by atomic mass is 32.1. The number of amides is 1. The number of esters is 1. The number of aromatic nitrogens is 1. The second kappa shape index (κ2) is 20.5. The van der Waals surface area contributed by atoms with Gasteiger partial charge in [-0.05, 0) is 96.1 Å². The Balaban J connectivity index is 0.849. The normalized spacial score (nSPS) is 14.7. The molecule has 0 saturated carbocycles. The van der Waals surface area contributed by atoms with Gasteiger partial charge in [0.05, 0.1) is 31.9 Å². The van der Waals surface area contributed by atoms with Gasteiger partial charge in [0.2, 0.25) is 11.2 Å². The minimum absolute atomic E-state index is 0.0778. The molecule has 7 aromatic rings. The van der Waals surface area contributed by atoms with E-state index in [2.05, 4.69) is 44.8 Å². The number of rotatable bonds is 17. The van der Waals surface area contributed by atoms with Crippen molar-refractivity contribution in [1.29, 1.82) is 0 Å². The van der Waals surface area contributed by atoms with Crippen molar-refractivity contribution in [2.24, 2.45) is 5.92 Å². The summed E-state index contributed by atoms with van der Waals surface area (Å²) in [6, 6.07) is 41.8. The molecule has 12 nitrogen and oxygen atoms in total. The summed E-state index contributed by atoms with van der Waals surface area (Å²) in [7, 11) is 1.53. The molecule has 2 unspecified atom stereocenters.